The topological polar surface area (TPSA) is 17.8 Å². The van der Waals surface area contributed by atoms with Crippen LogP contribution in [0.15, 0.2) is 0 Å². The van der Waals surface area contributed by atoms with E-state index >= 15 is 0 Å². The van der Waals surface area contributed by atoms with Crippen molar-refractivity contribution in [2.24, 2.45) is 0 Å². The van der Waals surface area contributed by atoms with Crippen LogP contribution in [0.2, 0.25) is 0 Å². The first kappa shape index (κ1) is 11.1. The summed E-state index contributed by atoms with van der Waals surface area (Å²) in [6, 6.07) is 0. The van der Waals surface area contributed by atoms with Gasteiger partial charge in [-0.05, 0) is 27.7 Å². The summed E-state index contributed by atoms with van der Waals surface area (Å²) in [5.74, 6) is -0.907. The van der Waals surface area contributed by atoms with Gasteiger partial charge >= 0.3 is 0 Å². The van der Waals surface area contributed by atoms with Crippen LogP contribution >= 0.6 is 0 Å². The highest BCUT2D eigenvalue weighted by molar-refractivity contribution is 5.15. The molecule has 0 radical (unpaired) electrons. The van der Waals surface area contributed by atoms with Gasteiger partial charge in [0.25, 0.3) is 6.43 Å². The van der Waals surface area contributed by atoms with Gasteiger partial charge in [0.05, 0.1) is 11.2 Å². The van der Waals surface area contributed by atoms with Gasteiger partial charge in [0.15, 0.2) is 5.82 Å². The van der Waals surface area contributed by atoms with E-state index in [9.17, 15) is 13.2 Å². The number of hydrogen-bond acceptors (Lipinski definition) is 1. The van der Waals surface area contributed by atoms with E-state index in [1.807, 2.05) is 0 Å². The lowest BCUT2D eigenvalue weighted by molar-refractivity contribution is 0.125. The van der Waals surface area contributed by atoms with Gasteiger partial charge in [-0.15, -0.1) is 0 Å². The molecule has 0 aliphatic rings. The monoisotopic (exact) mass is 206 g/mol. The Labute approximate surface area is 80.7 Å². The van der Waals surface area contributed by atoms with Crippen LogP contribution in [0.3, 0.4) is 0 Å². The summed E-state index contributed by atoms with van der Waals surface area (Å²) in [6.07, 6.45) is -2.84. The Kier molecular flexibility index (Phi) is 2.61. The average molecular weight is 206 g/mol. The van der Waals surface area contributed by atoms with Crippen molar-refractivity contribution in [2.45, 2.75) is 39.7 Å². The number of alkyl halides is 2. The average Bonchev–Trinajstić information content (AvgIpc) is 2.27. The smallest absolute Gasteiger partial charge is 0.255 e. The van der Waals surface area contributed by atoms with E-state index in [-0.39, 0.29) is 5.69 Å². The molecule has 1 aromatic heterocycles. The molecule has 0 aliphatic carbocycles. The molecule has 2 nitrogen and oxygen atoms in total. The maximum atomic E-state index is 13.2. The van der Waals surface area contributed by atoms with Crippen molar-refractivity contribution in [2.75, 3.05) is 0 Å². The number of aryl methyl sites for hydroxylation is 1. The molecule has 0 N–H and O–H groups in total. The van der Waals surface area contributed by atoms with Gasteiger partial charge in [-0.1, -0.05) is 0 Å². The number of hydrogen-bond donors (Lipinski definition) is 0. The Morgan fingerprint density at radius 2 is 1.79 bits per heavy atom. The minimum Gasteiger partial charge on any atom is -0.255 e. The fourth-order valence-electron chi connectivity index (χ4n) is 1.23. The maximum absolute atomic E-state index is 13.2. The minimum atomic E-state index is -2.84. The van der Waals surface area contributed by atoms with Gasteiger partial charge in [-0.3, -0.25) is 4.68 Å². The molecule has 1 aromatic rings. The predicted octanol–water partition coefficient (Wildman–Crippen LogP) is 3.02. The van der Waals surface area contributed by atoms with Crippen molar-refractivity contribution in [3.8, 4) is 0 Å². The van der Waals surface area contributed by atoms with Gasteiger partial charge in [-0.25, -0.2) is 13.2 Å². The van der Waals surface area contributed by atoms with E-state index in [2.05, 4.69) is 5.10 Å². The third-order valence-corrected chi connectivity index (χ3v) is 1.86. The molecule has 14 heavy (non-hydrogen) atoms. The number of rotatable bonds is 1. The van der Waals surface area contributed by atoms with Crippen LogP contribution < -0.4 is 0 Å². The zero-order valence-corrected chi connectivity index (χ0v) is 8.61. The van der Waals surface area contributed by atoms with Gasteiger partial charge in [0.1, 0.15) is 5.69 Å². The summed E-state index contributed by atoms with van der Waals surface area (Å²) in [7, 11) is 0. The zero-order valence-electron chi connectivity index (χ0n) is 8.61. The van der Waals surface area contributed by atoms with Gasteiger partial charge in [-0.2, -0.15) is 5.10 Å². The van der Waals surface area contributed by atoms with Crippen LogP contribution in [0.25, 0.3) is 0 Å². The summed E-state index contributed by atoms with van der Waals surface area (Å²) in [5, 5.41) is 3.76. The summed E-state index contributed by atoms with van der Waals surface area (Å²) < 4.78 is 39.3. The van der Waals surface area contributed by atoms with E-state index in [0.29, 0.717) is 0 Å². The molecule has 0 saturated heterocycles. The number of halogens is 3. The summed E-state index contributed by atoms with van der Waals surface area (Å²) in [4.78, 5) is 0. The van der Waals surface area contributed by atoms with Crippen LogP contribution in [0.4, 0.5) is 13.2 Å². The Balaban J connectivity index is 3.37. The molecule has 0 bridgehead atoms. The standard InChI is InChI=1S/C9H13F3N2/c1-5-6(10)7(8(11)12)14(13-5)9(2,3)4/h8H,1-4H3. The third kappa shape index (κ3) is 1.76. The lowest BCUT2D eigenvalue weighted by atomic mass is 10.1. The van der Waals surface area contributed by atoms with Crippen LogP contribution in [0.1, 0.15) is 38.6 Å². The van der Waals surface area contributed by atoms with Crippen LogP contribution in [0, 0.1) is 12.7 Å². The van der Waals surface area contributed by atoms with Gasteiger partial charge in [0, 0.05) is 0 Å². The van der Waals surface area contributed by atoms with E-state index in [1.165, 1.54) is 6.92 Å². The van der Waals surface area contributed by atoms with Crippen molar-refractivity contribution >= 4 is 0 Å². The molecule has 0 atom stereocenters. The summed E-state index contributed by atoms with van der Waals surface area (Å²) >= 11 is 0. The molecule has 0 unspecified atom stereocenters. The van der Waals surface area contributed by atoms with Gasteiger partial charge < -0.3 is 0 Å². The van der Waals surface area contributed by atoms with Crippen molar-refractivity contribution in [3.63, 3.8) is 0 Å². The number of nitrogens with zero attached hydrogens (tertiary/aromatic N) is 2. The van der Waals surface area contributed by atoms with Crippen LogP contribution in [-0.2, 0) is 5.54 Å². The van der Waals surface area contributed by atoms with Crippen molar-refractivity contribution in [1.82, 2.24) is 9.78 Å². The predicted molar refractivity (Wildman–Crippen MR) is 46.9 cm³/mol. The molecule has 1 rings (SSSR count). The highest BCUT2D eigenvalue weighted by Crippen LogP contribution is 2.28. The van der Waals surface area contributed by atoms with Crippen LogP contribution in [-0.4, -0.2) is 9.78 Å². The molecule has 0 amide bonds. The highest BCUT2D eigenvalue weighted by Gasteiger charge is 2.28. The summed E-state index contributed by atoms with van der Waals surface area (Å²) in [5.41, 5.74) is -1.26. The lowest BCUT2D eigenvalue weighted by Crippen LogP contribution is -2.25. The number of aromatic nitrogens is 2. The van der Waals surface area contributed by atoms with Gasteiger partial charge in [0.2, 0.25) is 0 Å². The third-order valence-electron chi connectivity index (χ3n) is 1.86. The van der Waals surface area contributed by atoms with E-state index < -0.39 is 23.5 Å². The van der Waals surface area contributed by atoms with Crippen LogP contribution in [0.5, 0.6) is 0 Å². The Bertz CT molecular complexity index is 337. The molecule has 5 heteroatoms. The normalized spacial score (nSPS) is 12.6. The second kappa shape index (κ2) is 3.29. The fourth-order valence-corrected chi connectivity index (χ4v) is 1.23. The molecule has 0 spiro atoms. The first-order valence-corrected chi connectivity index (χ1v) is 4.28. The molecule has 0 fully saturated rings. The second-order valence-electron chi connectivity index (χ2n) is 4.17. The summed E-state index contributed by atoms with van der Waals surface area (Å²) in [6.45, 7) is 6.48. The molecule has 1 heterocycles. The first-order valence-electron chi connectivity index (χ1n) is 4.28. The molecular weight excluding hydrogens is 193 g/mol. The molecule has 0 saturated carbocycles. The molecular formula is C9H13F3N2. The van der Waals surface area contributed by atoms with Crippen molar-refractivity contribution in [3.05, 3.63) is 17.2 Å². The zero-order chi connectivity index (χ0) is 11.1. The molecule has 0 aliphatic heterocycles. The Morgan fingerprint density at radius 1 is 1.29 bits per heavy atom. The lowest BCUT2D eigenvalue weighted by Gasteiger charge is -2.21. The van der Waals surface area contributed by atoms with Crippen molar-refractivity contribution in [1.29, 1.82) is 0 Å². The fraction of sp³-hybridized carbons (Fsp3) is 0.667. The molecule has 0 aromatic carbocycles. The van der Waals surface area contributed by atoms with E-state index in [0.717, 1.165) is 4.68 Å². The van der Waals surface area contributed by atoms with E-state index in [4.69, 9.17) is 0 Å². The maximum Gasteiger partial charge on any atom is 0.282 e. The molecule has 80 valence electrons. The quantitative estimate of drug-likeness (QED) is 0.690. The Hall–Kier alpha value is -1.00. The highest BCUT2D eigenvalue weighted by atomic mass is 19.3. The largest absolute Gasteiger partial charge is 0.282 e. The second-order valence-corrected chi connectivity index (χ2v) is 4.17. The SMILES string of the molecule is Cc1nn(C(C)(C)C)c(C(F)F)c1F. The Morgan fingerprint density at radius 3 is 2.07 bits per heavy atom. The minimum absolute atomic E-state index is 0.00947. The van der Waals surface area contributed by atoms with Crippen molar-refractivity contribution < 1.29 is 13.2 Å². The van der Waals surface area contributed by atoms with E-state index in [1.54, 1.807) is 20.8 Å². The first-order chi connectivity index (χ1) is 6.25.